The molecule has 1 saturated heterocycles. The third kappa shape index (κ3) is 15.1. The minimum atomic E-state index is -1.26. The van der Waals surface area contributed by atoms with Crippen LogP contribution in [0.25, 0.3) is 0 Å². The molecule has 2 aliphatic heterocycles. The Labute approximate surface area is 501 Å². The van der Waals surface area contributed by atoms with Crippen LogP contribution in [0.4, 0.5) is 5.69 Å². The number of carboxylic acid groups (broad SMARTS) is 1. The maximum Gasteiger partial charge on any atom is 0.313 e. The summed E-state index contributed by atoms with van der Waals surface area (Å²) in [4.78, 5) is 128. The highest BCUT2D eigenvalue weighted by Gasteiger charge is 2.48. The fraction of sp³-hybridized carbons (Fsp3) is 0.484. The molecule has 9 N–H and O–H groups in total. The number of fused-ring (bicyclic) bond motifs is 3. The maximum absolute atomic E-state index is 15.2. The van der Waals surface area contributed by atoms with Crippen LogP contribution < -0.4 is 42.5 Å². The van der Waals surface area contributed by atoms with E-state index < -0.39 is 88.0 Å². The van der Waals surface area contributed by atoms with Gasteiger partial charge in [0.2, 0.25) is 35.4 Å². The normalized spacial score (nSPS) is 20.6. The Morgan fingerprint density at radius 2 is 1.13 bits per heavy atom. The van der Waals surface area contributed by atoms with E-state index in [1.807, 2.05) is 63.2 Å². The zero-order chi connectivity index (χ0) is 61.5. The molecule has 4 aromatic carbocycles. The number of amides is 8. The number of carbonyl (C=O) groups is 9. The van der Waals surface area contributed by atoms with E-state index in [2.05, 4.69) is 54.7 Å². The molecule has 21 heteroatoms. The van der Waals surface area contributed by atoms with Crippen molar-refractivity contribution in [2.45, 2.75) is 166 Å². The van der Waals surface area contributed by atoms with Crippen LogP contribution in [-0.4, -0.2) is 142 Å². The van der Waals surface area contributed by atoms with Crippen molar-refractivity contribution in [2.75, 3.05) is 31.7 Å². The zero-order valence-corrected chi connectivity index (χ0v) is 50.9. The van der Waals surface area contributed by atoms with Gasteiger partial charge in [-0.3, -0.25) is 43.2 Å². The number of aliphatic carboxylic acids is 1. The molecule has 8 amide bonds. The summed E-state index contributed by atoms with van der Waals surface area (Å²) in [5.41, 5.74) is 5.86. The number of likely N-dealkylation sites (N-methyl/N-ethyl adjacent to an activating group) is 2. The summed E-state index contributed by atoms with van der Waals surface area (Å²) in [7, 11) is 3.26. The molecule has 4 aliphatic rings. The molecule has 0 radical (unpaired) electrons. The second-order valence-corrected chi connectivity index (χ2v) is 26.1. The monoisotopic (exact) mass is 1180 g/mol. The molecule has 8 rings (SSSR count). The Hall–Kier alpha value is -7.62. The highest BCUT2D eigenvalue weighted by atomic mass is 32.2. The number of nitrogens with zero attached hydrogens (tertiary/aromatic N) is 2. The largest absolute Gasteiger partial charge is 0.481 e. The summed E-state index contributed by atoms with van der Waals surface area (Å²) in [6.07, 6.45) is 5.19. The van der Waals surface area contributed by atoms with E-state index in [-0.39, 0.29) is 72.6 Å². The van der Waals surface area contributed by atoms with Crippen molar-refractivity contribution in [3.8, 4) is 0 Å². The first kappa shape index (κ1) is 63.4. The minimum absolute atomic E-state index is 0.00140. The van der Waals surface area contributed by atoms with Crippen molar-refractivity contribution in [1.29, 1.82) is 0 Å². The summed E-state index contributed by atoms with van der Waals surface area (Å²) in [6.45, 7) is 12.2. The molecule has 4 aromatic rings. The third-order valence-electron chi connectivity index (χ3n) is 17.0. The van der Waals surface area contributed by atoms with Gasteiger partial charge in [-0.25, -0.2) is 0 Å². The van der Waals surface area contributed by atoms with Crippen LogP contribution in [0.15, 0.2) is 91.0 Å². The van der Waals surface area contributed by atoms with Crippen LogP contribution in [0, 0.1) is 5.41 Å². The fourth-order valence-corrected chi connectivity index (χ4v) is 12.6. The molecule has 0 bridgehead atoms. The van der Waals surface area contributed by atoms with Crippen molar-refractivity contribution in [1.82, 2.24) is 47.0 Å². The second kappa shape index (κ2) is 27.2. The summed E-state index contributed by atoms with van der Waals surface area (Å²) >= 11 is 0.999. The van der Waals surface area contributed by atoms with E-state index >= 15 is 4.79 Å². The van der Waals surface area contributed by atoms with Gasteiger partial charge in [-0.05, 0) is 162 Å². The smallest absolute Gasteiger partial charge is 0.313 e. The molecule has 2 aliphatic carbocycles. The SMILES string of the molecule is CNC(C)C(=O)NC(C(=O)N1C[C@@H](NC(=O)c2ccc(C(=O)Nc3ccc4c(c3)CN(C(=O)C(NC(=O)C(C)NC)C(C)(C)SCC(=O)O)C(C(=O)N[C@@H]3CCCc5ccccc53)C4)cc2)C[C@H]1C(=O)N[C@@H]1CCCc2ccccc21)C(C)(C)C. The number of aryl methyl sites for hydroxylation is 2. The predicted octanol–water partition coefficient (Wildman–Crippen LogP) is 5.11. The summed E-state index contributed by atoms with van der Waals surface area (Å²) in [6, 6.07) is 20.5. The highest BCUT2D eigenvalue weighted by Crippen LogP contribution is 2.36. The minimum Gasteiger partial charge on any atom is -0.481 e. The van der Waals surface area contributed by atoms with Crippen LogP contribution in [0.3, 0.4) is 0 Å². The van der Waals surface area contributed by atoms with Gasteiger partial charge >= 0.3 is 5.97 Å². The first-order valence-electron chi connectivity index (χ1n) is 29.4. The number of hydrogen-bond acceptors (Lipinski definition) is 12. The molecule has 1 fully saturated rings. The van der Waals surface area contributed by atoms with Crippen molar-refractivity contribution >= 4 is 70.7 Å². The molecule has 85 heavy (non-hydrogen) atoms. The van der Waals surface area contributed by atoms with Gasteiger partial charge in [0.25, 0.3) is 11.8 Å². The Morgan fingerprint density at radius 1 is 0.612 bits per heavy atom. The van der Waals surface area contributed by atoms with Crippen LogP contribution in [-0.2, 0) is 59.4 Å². The van der Waals surface area contributed by atoms with Crippen molar-refractivity contribution in [3.05, 3.63) is 136 Å². The van der Waals surface area contributed by atoms with Gasteiger partial charge in [0.05, 0.1) is 29.9 Å². The van der Waals surface area contributed by atoms with Gasteiger partial charge < -0.3 is 57.4 Å². The lowest BCUT2D eigenvalue weighted by Gasteiger charge is -2.42. The average molecular weight is 1180 g/mol. The molecule has 2 heterocycles. The van der Waals surface area contributed by atoms with Gasteiger partial charge in [0.1, 0.15) is 24.2 Å². The maximum atomic E-state index is 15.2. The number of rotatable bonds is 20. The quantitative estimate of drug-likeness (QED) is 0.0558. The fourth-order valence-electron chi connectivity index (χ4n) is 11.8. The van der Waals surface area contributed by atoms with Gasteiger partial charge in [0, 0.05) is 47.1 Å². The van der Waals surface area contributed by atoms with E-state index in [0.29, 0.717) is 17.7 Å². The van der Waals surface area contributed by atoms with Crippen LogP contribution in [0.2, 0.25) is 0 Å². The number of hydrogen-bond donors (Lipinski definition) is 9. The van der Waals surface area contributed by atoms with Crippen molar-refractivity contribution in [3.63, 3.8) is 0 Å². The van der Waals surface area contributed by atoms with Gasteiger partial charge in [-0.2, -0.15) is 0 Å². The molecule has 0 aromatic heterocycles. The first-order chi connectivity index (χ1) is 40.4. The van der Waals surface area contributed by atoms with Crippen LogP contribution >= 0.6 is 11.8 Å². The third-order valence-corrected chi connectivity index (χ3v) is 18.4. The molecular weight excluding hydrogens is 1100 g/mol. The highest BCUT2D eigenvalue weighted by molar-refractivity contribution is 8.01. The number of nitrogens with one attached hydrogen (secondary N) is 8. The summed E-state index contributed by atoms with van der Waals surface area (Å²) < 4.78 is -1.15. The van der Waals surface area contributed by atoms with Crippen LogP contribution in [0.5, 0.6) is 0 Å². The van der Waals surface area contributed by atoms with E-state index in [9.17, 15) is 43.5 Å². The molecular formula is C64H82N10O10S. The zero-order valence-electron chi connectivity index (χ0n) is 50.1. The second-order valence-electron chi connectivity index (χ2n) is 24.5. The predicted molar refractivity (Wildman–Crippen MR) is 325 cm³/mol. The number of carbonyl (C=O) groups excluding carboxylic acids is 8. The number of benzene rings is 4. The first-order valence-corrected chi connectivity index (χ1v) is 30.4. The molecule has 20 nitrogen and oxygen atoms in total. The number of anilines is 1. The van der Waals surface area contributed by atoms with Gasteiger partial charge in [0.15, 0.2) is 0 Å². The number of carboxylic acids is 1. The number of thioether (sulfide) groups is 1. The Balaban J connectivity index is 0.990. The summed E-state index contributed by atoms with van der Waals surface area (Å²) in [5, 5.41) is 33.7. The lowest BCUT2D eigenvalue weighted by atomic mass is 9.85. The molecule has 9 atom stereocenters. The van der Waals surface area contributed by atoms with E-state index in [1.165, 1.54) is 34.1 Å². The Kier molecular flexibility index (Phi) is 20.3. The van der Waals surface area contributed by atoms with Gasteiger partial charge in [-0.15, -0.1) is 11.8 Å². The van der Waals surface area contributed by atoms with E-state index in [0.717, 1.165) is 71.7 Å². The Morgan fingerprint density at radius 3 is 1.67 bits per heavy atom. The van der Waals surface area contributed by atoms with E-state index in [1.54, 1.807) is 53.9 Å². The topological polar surface area (TPSA) is 277 Å². The lowest BCUT2D eigenvalue weighted by Crippen LogP contribution is -2.63. The Bertz CT molecular complexity index is 3180. The molecule has 5 unspecified atom stereocenters. The van der Waals surface area contributed by atoms with Gasteiger partial charge in [-0.1, -0.05) is 75.4 Å². The van der Waals surface area contributed by atoms with Crippen molar-refractivity contribution < 1.29 is 48.3 Å². The molecule has 0 saturated carbocycles. The lowest BCUT2D eigenvalue weighted by molar-refractivity contribution is -0.145. The molecule has 454 valence electrons. The number of likely N-dealkylation sites (tertiary alicyclic amines) is 1. The van der Waals surface area contributed by atoms with E-state index in [4.69, 9.17) is 0 Å². The van der Waals surface area contributed by atoms with Crippen LogP contribution in [0.1, 0.15) is 147 Å². The summed E-state index contributed by atoms with van der Waals surface area (Å²) in [5.74, 6) is -5.03. The molecule has 0 spiro atoms. The standard InChI is InChI=1S/C64H82N10O10S/c1-36(65-8)55(77)71-53(63(3,4)5)61(83)74-34-45(32-51(74)60(82)70-49-23-15-19-39-17-11-13-21-47(39)49)68-58(80)41-26-24-40(25-27-41)57(79)67-44-29-28-42-31-50(59(81)69-48-22-14-18-38-16-10-12-20-46(38)48)73(33-43(42)30-44)62(84)54(72-56(78)37(2)66-9)64(6,7)85-35-52(75)76/h10-13,16-17,20-21,24-30,36-37,45,48-51,53-54,65-66H,14-15,18-19,22-23,31-35H2,1-9H3,(H,67,79)(H,68,80)(H,69,81)(H,70,82)(H,71,77)(H,72,78)(H,75,76)/t36?,37?,45-,48+,49+,50?,51-,53?,54?/m0/s1. The average Bonchev–Trinajstić information content (AvgIpc) is 1.99. The van der Waals surface area contributed by atoms with Crippen molar-refractivity contribution in [2.24, 2.45) is 5.41 Å².